The quantitative estimate of drug-likeness (QED) is 0.191. The second-order valence-electron chi connectivity index (χ2n) is 8.55. The maximum Gasteiger partial charge on any atom is 0.416 e. The number of nitrogens with zero attached hydrogens (tertiary/aromatic N) is 2. The Morgan fingerprint density at radius 3 is 2.10 bits per heavy atom. The zero-order valence-electron chi connectivity index (χ0n) is 20.5. The molecule has 1 aromatic heterocycles. The highest BCUT2D eigenvalue weighted by Crippen LogP contribution is 2.37. The molecule has 3 aromatic carbocycles. The Morgan fingerprint density at radius 1 is 0.829 bits per heavy atom. The van der Waals surface area contributed by atoms with E-state index in [2.05, 4.69) is 20.8 Å². The van der Waals surface area contributed by atoms with E-state index in [1.54, 1.807) is 54.6 Å². The number of alkyl halides is 6. The van der Waals surface area contributed by atoms with E-state index >= 15 is 0 Å². The SMILES string of the molecule is O=C(Nc1cc(C(F)(F)F)cc(C(F)(F)F)c1)NC(Cc1ccccc1)C(=O)Nc1nnc(-c2cccc(Cl)c2)s1. The van der Waals surface area contributed by atoms with Gasteiger partial charge in [-0.05, 0) is 35.9 Å². The van der Waals surface area contributed by atoms with Crippen LogP contribution >= 0.6 is 22.9 Å². The Labute approximate surface area is 237 Å². The smallest absolute Gasteiger partial charge is 0.326 e. The number of rotatable bonds is 7. The molecule has 0 saturated heterocycles. The van der Waals surface area contributed by atoms with Crippen LogP contribution in [0, 0.1) is 0 Å². The Kier molecular flexibility index (Phi) is 8.83. The molecule has 0 aliphatic carbocycles. The minimum atomic E-state index is -5.10. The molecule has 1 heterocycles. The lowest BCUT2D eigenvalue weighted by Crippen LogP contribution is -2.47. The molecule has 0 aliphatic rings. The highest BCUT2D eigenvalue weighted by Gasteiger charge is 2.37. The van der Waals surface area contributed by atoms with Crippen molar-refractivity contribution in [3.05, 3.63) is 94.5 Å². The highest BCUT2D eigenvalue weighted by atomic mass is 35.5. The Balaban J connectivity index is 1.54. The fourth-order valence-electron chi connectivity index (χ4n) is 3.62. The van der Waals surface area contributed by atoms with Crippen LogP contribution in [0.2, 0.25) is 5.02 Å². The number of anilines is 2. The van der Waals surface area contributed by atoms with Crippen LogP contribution in [0.4, 0.5) is 42.0 Å². The topological polar surface area (TPSA) is 96.0 Å². The molecule has 0 saturated carbocycles. The summed E-state index contributed by atoms with van der Waals surface area (Å²) in [5, 5.41) is 15.7. The van der Waals surface area contributed by atoms with E-state index in [0.717, 1.165) is 11.3 Å². The Bertz CT molecular complexity index is 1510. The minimum Gasteiger partial charge on any atom is -0.326 e. The maximum absolute atomic E-state index is 13.2. The molecule has 0 radical (unpaired) electrons. The van der Waals surface area contributed by atoms with Crippen molar-refractivity contribution in [1.82, 2.24) is 15.5 Å². The zero-order valence-corrected chi connectivity index (χ0v) is 22.1. The lowest BCUT2D eigenvalue weighted by molar-refractivity contribution is -0.143. The Hall–Kier alpha value is -4.17. The van der Waals surface area contributed by atoms with Gasteiger partial charge in [-0.3, -0.25) is 10.1 Å². The predicted molar refractivity (Wildman–Crippen MR) is 142 cm³/mol. The number of carbonyl (C=O) groups excluding carboxylic acids is 2. The lowest BCUT2D eigenvalue weighted by atomic mass is 10.1. The van der Waals surface area contributed by atoms with Crippen molar-refractivity contribution >= 4 is 45.7 Å². The van der Waals surface area contributed by atoms with E-state index in [1.807, 2.05) is 5.32 Å². The molecular formula is C26H18ClF6N5O2S. The summed E-state index contributed by atoms with van der Waals surface area (Å²) in [5.41, 5.74) is -2.71. The highest BCUT2D eigenvalue weighted by molar-refractivity contribution is 7.18. The fourth-order valence-corrected chi connectivity index (χ4v) is 4.55. The van der Waals surface area contributed by atoms with Crippen molar-refractivity contribution in [2.24, 2.45) is 0 Å². The van der Waals surface area contributed by atoms with Crippen molar-refractivity contribution in [3.63, 3.8) is 0 Å². The summed E-state index contributed by atoms with van der Waals surface area (Å²) in [6.45, 7) is 0. The van der Waals surface area contributed by atoms with E-state index in [1.165, 1.54) is 0 Å². The first-order valence-corrected chi connectivity index (χ1v) is 12.8. The van der Waals surface area contributed by atoms with Crippen molar-refractivity contribution in [1.29, 1.82) is 0 Å². The molecule has 3 amide bonds. The average Bonchev–Trinajstić information content (AvgIpc) is 3.36. The van der Waals surface area contributed by atoms with Crippen LogP contribution in [0.1, 0.15) is 16.7 Å². The lowest BCUT2D eigenvalue weighted by Gasteiger charge is -2.19. The molecule has 0 bridgehead atoms. The Morgan fingerprint density at radius 2 is 1.49 bits per heavy atom. The van der Waals surface area contributed by atoms with Gasteiger partial charge < -0.3 is 10.6 Å². The average molecular weight is 614 g/mol. The number of amides is 3. The van der Waals surface area contributed by atoms with Crippen LogP contribution < -0.4 is 16.0 Å². The number of hydrogen-bond acceptors (Lipinski definition) is 5. The van der Waals surface area contributed by atoms with Gasteiger partial charge in [0.25, 0.3) is 0 Å². The first kappa shape index (κ1) is 29.8. The molecule has 0 aliphatic heterocycles. The van der Waals surface area contributed by atoms with Gasteiger partial charge in [-0.25, -0.2) is 4.79 Å². The van der Waals surface area contributed by atoms with Crippen LogP contribution in [-0.4, -0.2) is 28.2 Å². The third kappa shape index (κ3) is 8.17. The molecule has 7 nitrogen and oxygen atoms in total. The molecule has 214 valence electrons. The normalized spacial score (nSPS) is 12.5. The van der Waals surface area contributed by atoms with Crippen molar-refractivity contribution in [2.75, 3.05) is 10.6 Å². The van der Waals surface area contributed by atoms with E-state index in [4.69, 9.17) is 11.6 Å². The number of halogens is 7. The number of hydrogen-bond donors (Lipinski definition) is 3. The summed E-state index contributed by atoms with van der Waals surface area (Å²) in [6, 6.07) is 13.4. The third-order valence-corrected chi connectivity index (χ3v) is 6.60. The second-order valence-corrected chi connectivity index (χ2v) is 9.96. The minimum absolute atomic E-state index is 0.0591. The molecule has 1 unspecified atom stereocenters. The molecule has 1 atom stereocenters. The second kappa shape index (κ2) is 12.1. The predicted octanol–water partition coefficient (Wildman–Crippen LogP) is 7.27. The van der Waals surface area contributed by atoms with Gasteiger partial charge in [-0.15, -0.1) is 10.2 Å². The molecular weight excluding hydrogens is 596 g/mol. The number of carbonyl (C=O) groups is 2. The van der Waals surface area contributed by atoms with Gasteiger partial charge in [0.2, 0.25) is 11.0 Å². The number of aromatic nitrogens is 2. The number of urea groups is 1. The van der Waals surface area contributed by atoms with Gasteiger partial charge in [-0.1, -0.05) is 65.4 Å². The van der Waals surface area contributed by atoms with Crippen molar-refractivity contribution in [3.8, 4) is 10.6 Å². The van der Waals surface area contributed by atoms with Gasteiger partial charge in [0.1, 0.15) is 11.0 Å². The fraction of sp³-hybridized carbons (Fsp3) is 0.154. The van der Waals surface area contributed by atoms with E-state index < -0.39 is 47.1 Å². The van der Waals surface area contributed by atoms with Crippen molar-refractivity contribution in [2.45, 2.75) is 24.8 Å². The zero-order chi connectivity index (χ0) is 29.8. The third-order valence-electron chi connectivity index (χ3n) is 5.48. The number of benzene rings is 3. The van der Waals surface area contributed by atoms with E-state index in [-0.39, 0.29) is 17.6 Å². The first-order chi connectivity index (χ1) is 19.3. The summed E-state index contributed by atoms with van der Waals surface area (Å²) in [6.07, 6.45) is -10.3. The van der Waals surface area contributed by atoms with Crippen LogP contribution in [0.25, 0.3) is 10.6 Å². The van der Waals surface area contributed by atoms with E-state index in [9.17, 15) is 35.9 Å². The van der Waals surface area contributed by atoms with Gasteiger partial charge in [0, 0.05) is 22.7 Å². The summed E-state index contributed by atoms with van der Waals surface area (Å²) < 4.78 is 79.2. The van der Waals surface area contributed by atoms with Gasteiger partial charge >= 0.3 is 18.4 Å². The molecule has 4 aromatic rings. The molecule has 15 heteroatoms. The summed E-state index contributed by atoms with van der Waals surface area (Å²) in [7, 11) is 0. The summed E-state index contributed by atoms with van der Waals surface area (Å²) in [4.78, 5) is 25.9. The van der Waals surface area contributed by atoms with Crippen molar-refractivity contribution < 1.29 is 35.9 Å². The molecule has 4 rings (SSSR count). The van der Waals surface area contributed by atoms with Crippen LogP contribution in [0.3, 0.4) is 0 Å². The van der Waals surface area contributed by atoms with E-state index in [0.29, 0.717) is 33.3 Å². The largest absolute Gasteiger partial charge is 0.416 e. The molecule has 41 heavy (non-hydrogen) atoms. The monoisotopic (exact) mass is 613 g/mol. The number of nitrogens with one attached hydrogen (secondary N) is 3. The maximum atomic E-state index is 13.2. The molecule has 0 fully saturated rings. The van der Waals surface area contributed by atoms with Crippen LogP contribution in [0.5, 0.6) is 0 Å². The first-order valence-electron chi connectivity index (χ1n) is 11.6. The van der Waals surface area contributed by atoms with Crippen LogP contribution in [-0.2, 0) is 23.6 Å². The molecule has 3 N–H and O–H groups in total. The van der Waals surface area contributed by atoms with Gasteiger partial charge in [-0.2, -0.15) is 26.3 Å². The van der Waals surface area contributed by atoms with Crippen LogP contribution in [0.15, 0.2) is 72.8 Å². The standard InChI is InChI=1S/C26H18ClF6N5O2S/c27-18-8-4-7-15(10-18)22-37-38-24(41-22)36-21(39)20(9-14-5-2-1-3-6-14)35-23(40)34-19-12-16(25(28,29)30)11-17(13-19)26(31,32)33/h1-8,10-13,20H,9H2,(H2,34,35,40)(H,36,38,39). The molecule has 0 spiro atoms. The summed E-state index contributed by atoms with van der Waals surface area (Å²) in [5.74, 6) is -0.752. The van der Waals surface area contributed by atoms with Gasteiger partial charge in [0.15, 0.2) is 0 Å². The van der Waals surface area contributed by atoms with Gasteiger partial charge in [0.05, 0.1) is 11.1 Å². The summed E-state index contributed by atoms with van der Waals surface area (Å²) >= 11 is 7.02.